The normalized spacial score (nSPS) is 15.8. The van der Waals surface area contributed by atoms with Gasteiger partial charge in [0.2, 0.25) is 5.89 Å². The predicted molar refractivity (Wildman–Crippen MR) is 83.9 cm³/mol. The molecular formula is C15H16ClF3N4O2. The number of alkyl halides is 3. The zero-order valence-electron chi connectivity index (χ0n) is 13.0. The van der Waals surface area contributed by atoms with Crippen LogP contribution < -0.4 is 11.1 Å². The van der Waals surface area contributed by atoms with E-state index in [1.165, 1.54) is 0 Å². The number of aromatic nitrogens is 2. The first-order chi connectivity index (χ1) is 11.3. The average Bonchev–Trinajstić information content (AvgIpc) is 2.99. The van der Waals surface area contributed by atoms with Crippen molar-refractivity contribution >= 4 is 18.3 Å². The summed E-state index contributed by atoms with van der Waals surface area (Å²) in [6.07, 6.45) is -1.87. The van der Waals surface area contributed by atoms with Gasteiger partial charge in [-0.05, 0) is 43.5 Å². The molecule has 1 heterocycles. The van der Waals surface area contributed by atoms with Gasteiger partial charge in [0, 0.05) is 5.56 Å². The summed E-state index contributed by atoms with van der Waals surface area (Å²) < 4.78 is 42.5. The highest BCUT2D eigenvalue weighted by Crippen LogP contribution is 2.36. The number of nitrogens with zero attached hydrogens (tertiary/aromatic N) is 2. The third kappa shape index (κ3) is 4.10. The van der Waals surface area contributed by atoms with Crippen molar-refractivity contribution < 1.29 is 22.5 Å². The number of halogens is 4. The summed E-state index contributed by atoms with van der Waals surface area (Å²) in [5.41, 5.74) is 4.81. The minimum atomic E-state index is -4.44. The van der Waals surface area contributed by atoms with Gasteiger partial charge >= 0.3 is 6.18 Å². The van der Waals surface area contributed by atoms with Crippen molar-refractivity contribution in [1.29, 1.82) is 0 Å². The van der Waals surface area contributed by atoms with E-state index < -0.39 is 23.2 Å². The number of benzene rings is 1. The van der Waals surface area contributed by atoms with Gasteiger partial charge in [-0.3, -0.25) is 4.79 Å². The Bertz CT molecular complexity index is 742. The van der Waals surface area contributed by atoms with Crippen LogP contribution in [-0.4, -0.2) is 16.0 Å². The Balaban J connectivity index is 0.00000225. The van der Waals surface area contributed by atoms with Gasteiger partial charge in [0.1, 0.15) is 0 Å². The molecule has 6 nitrogen and oxygen atoms in total. The molecule has 3 N–H and O–H groups in total. The fourth-order valence-corrected chi connectivity index (χ4v) is 2.38. The van der Waals surface area contributed by atoms with E-state index in [9.17, 15) is 18.0 Å². The van der Waals surface area contributed by atoms with Crippen LogP contribution in [0.3, 0.4) is 0 Å². The molecule has 3 rings (SSSR count). The summed E-state index contributed by atoms with van der Waals surface area (Å²) in [5.74, 6) is 0.0732. The van der Waals surface area contributed by atoms with Crippen molar-refractivity contribution in [1.82, 2.24) is 15.5 Å². The maximum atomic E-state index is 12.5. The van der Waals surface area contributed by atoms with Crippen molar-refractivity contribution in [2.75, 3.05) is 0 Å². The van der Waals surface area contributed by atoms with Crippen LogP contribution in [-0.2, 0) is 18.3 Å². The Labute approximate surface area is 147 Å². The summed E-state index contributed by atoms with van der Waals surface area (Å²) in [5, 5.41) is 6.33. The van der Waals surface area contributed by atoms with Crippen LogP contribution in [0.25, 0.3) is 0 Å². The minimum Gasteiger partial charge on any atom is -0.343 e. The van der Waals surface area contributed by atoms with E-state index in [0.29, 0.717) is 5.82 Å². The van der Waals surface area contributed by atoms with Gasteiger partial charge in [-0.1, -0.05) is 5.16 Å². The summed E-state index contributed by atoms with van der Waals surface area (Å²) >= 11 is 0. The summed E-state index contributed by atoms with van der Waals surface area (Å²) in [6, 6.07) is 3.93. The first kappa shape index (κ1) is 19.2. The first-order valence-corrected chi connectivity index (χ1v) is 7.35. The number of carbonyl (C=O) groups excluding carboxylic acids is 1. The summed E-state index contributed by atoms with van der Waals surface area (Å²) in [4.78, 5) is 16.1. The van der Waals surface area contributed by atoms with Crippen LogP contribution in [0.5, 0.6) is 0 Å². The fourth-order valence-electron chi connectivity index (χ4n) is 2.38. The van der Waals surface area contributed by atoms with Crippen LogP contribution in [0.4, 0.5) is 13.2 Å². The number of amides is 1. The number of hydrogen-bond acceptors (Lipinski definition) is 5. The summed E-state index contributed by atoms with van der Waals surface area (Å²) in [6.45, 7) is -0.0249. The molecule has 0 saturated heterocycles. The molecule has 1 saturated carbocycles. The highest BCUT2D eigenvalue weighted by Gasteiger charge is 2.39. The van der Waals surface area contributed by atoms with Gasteiger partial charge in [-0.15, -0.1) is 12.4 Å². The van der Waals surface area contributed by atoms with Gasteiger partial charge in [0.05, 0.1) is 17.6 Å². The zero-order valence-corrected chi connectivity index (χ0v) is 13.8. The lowest BCUT2D eigenvalue weighted by Gasteiger charge is -2.34. The van der Waals surface area contributed by atoms with Crippen molar-refractivity contribution in [3.63, 3.8) is 0 Å². The van der Waals surface area contributed by atoms with E-state index in [0.717, 1.165) is 43.5 Å². The Morgan fingerprint density at radius 2 is 1.92 bits per heavy atom. The number of nitrogens with one attached hydrogen (secondary N) is 1. The van der Waals surface area contributed by atoms with E-state index in [4.69, 9.17) is 10.3 Å². The second-order valence-electron chi connectivity index (χ2n) is 5.78. The first-order valence-electron chi connectivity index (χ1n) is 7.35. The standard InChI is InChI=1S/C15H15F3N4O2.ClH/c16-15(17,18)10-4-2-9(3-5-10)12(23)20-8-11-21-13(22-24-11)14(19)6-1-7-14;/h2-5H,1,6-8,19H2,(H,20,23);1H. The molecule has 0 bridgehead atoms. The van der Waals surface area contributed by atoms with Gasteiger partial charge in [-0.25, -0.2) is 0 Å². The van der Waals surface area contributed by atoms with E-state index in [1.807, 2.05) is 0 Å². The molecule has 25 heavy (non-hydrogen) atoms. The van der Waals surface area contributed by atoms with Crippen molar-refractivity contribution in [3.05, 3.63) is 47.1 Å². The highest BCUT2D eigenvalue weighted by molar-refractivity contribution is 5.94. The van der Waals surface area contributed by atoms with E-state index in [2.05, 4.69) is 15.5 Å². The molecule has 10 heteroatoms. The molecule has 1 amide bonds. The topological polar surface area (TPSA) is 94.0 Å². The molecule has 136 valence electrons. The molecule has 1 aromatic heterocycles. The average molecular weight is 377 g/mol. The smallest absolute Gasteiger partial charge is 0.343 e. The Hall–Kier alpha value is -2.13. The lowest BCUT2D eigenvalue weighted by atomic mass is 9.77. The monoisotopic (exact) mass is 376 g/mol. The second kappa shape index (κ2) is 7.01. The zero-order chi connectivity index (χ0) is 17.4. The Kier molecular flexibility index (Phi) is 5.38. The van der Waals surface area contributed by atoms with Gasteiger partial charge < -0.3 is 15.6 Å². The molecule has 1 aromatic carbocycles. The minimum absolute atomic E-state index is 0. The van der Waals surface area contributed by atoms with Crippen molar-refractivity contribution in [2.24, 2.45) is 5.73 Å². The quantitative estimate of drug-likeness (QED) is 0.855. The molecule has 2 aromatic rings. The maximum Gasteiger partial charge on any atom is 0.416 e. The van der Waals surface area contributed by atoms with E-state index in [-0.39, 0.29) is 30.4 Å². The fraction of sp³-hybridized carbons (Fsp3) is 0.400. The third-order valence-electron chi connectivity index (χ3n) is 4.03. The van der Waals surface area contributed by atoms with Crippen LogP contribution in [0.1, 0.15) is 46.9 Å². The van der Waals surface area contributed by atoms with Crippen LogP contribution in [0, 0.1) is 0 Å². The van der Waals surface area contributed by atoms with Gasteiger partial charge in [0.15, 0.2) is 5.82 Å². The predicted octanol–water partition coefficient (Wildman–Crippen LogP) is 2.78. The van der Waals surface area contributed by atoms with Gasteiger partial charge in [0.25, 0.3) is 5.91 Å². The van der Waals surface area contributed by atoms with Crippen LogP contribution in [0.15, 0.2) is 28.8 Å². The summed E-state index contributed by atoms with van der Waals surface area (Å²) in [7, 11) is 0. The SMILES string of the molecule is Cl.NC1(c2noc(CNC(=O)c3ccc(C(F)(F)F)cc3)n2)CCC1. The van der Waals surface area contributed by atoms with Crippen LogP contribution >= 0.6 is 12.4 Å². The number of rotatable bonds is 4. The van der Waals surface area contributed by atoms with Gasteiger partial charge in [-0.2, -0.15) is 18.2 Å². The Morgan fingerprint density at radius 3 is 2.44 bits per heavy atom. The molecule has 0 aliphatic heterocycles. The largest absolute Gasteiger partial charge is 0.416 e. The molecule has 0 unspecified atom stereocenters. The van der Waals surface area contributed by atoms with E-state index in [1.54, 1.807) is 0 Å². The molecule has 0 spiro atoms. The molecule has 0 radical (unpaired) electrons. The van der Waals surface area contributed by atoms with Crippen LogP contribution in [0.2, 0.25) is 0 Å². The maximum absolute atomic E-state index is 12.5. The molecule has 1 aliphatic carbocycles. The lowest BCUT2D eigenvalue weighted by molar-refractivity contribution is -0.137. The number of carbonyl (C=O) groups is 1. The van der Waals surface area contributed by atoms with Crippen molar-refractivity contribution in [2.45, 2.75) is 37.5 Å². The molecule has 1 aliphatic rings. The molecular weight excluding hydrogens is 361 g/mol. The third-order valence-corrected chi connectivity index (χ3v) is 4.03. The number of nitrogens with two attached hydrogens (primary N) is 1. The van der Waals surface area contributed by atoms with E-state index >= 15 is 0 Å². The molecule has 0 atom stereocenters. The second-order valence-corrected chi connectivity index (χ2v) is 5.78. The lowest BCUT2D eigenvalue weighted by Crippen LogP contribution is -2.44. The van der Waals surface area contributed by atoms with Crippen molar-refractivity contribution in [3.8, 4) is 0 Å². The molecule has 1 fully saturated rings. The Morgan fingerprint density at radius 1 is 1.28 bits per heavy atom. The highest BCUT2D eigenvalue weighted by atomic mass is 35.5. The number of hydrogen-bond donors (Lipinski definition) is 2.